The minimum absolute atomic E-state index is 0.0885. The van der Waals surface area contributed by atoms with E-state index < -0.39 is 11.8 Å². The molecule has 0 aliphatic carbocycles. The molecule has 0 aliphatic heterocycles. The van der Waals surface area contributed by atoms with Gasteiger partial charge in [0.2, 0.25) is 0 Å². The summed E-state index contributed by atoms with van der Waals surface area (Å²) in [4.78, 5) is 22.3. The molecule has 1 aromatic carbocycles. The van der Waals surface area contributed by atoms with Crippen LogP contribution in [0.15, 0.2) is 18.2 Å². The fourth-order valence-corrected chi connectivity index (χ4v) is 1.24. The molecule has 0 unspecified atom stereocenters. The highest BCUT2D eigenvalue weighted by atomic mass is 19.1. The van der Waals surface area contributed by atoms with Gasteiger partial charge in [0.05, 0.1) is 25.0 Å². The molecule has 6 heteroatoms. The fraction of sp³-hybridized carbons (Fsp3) is 0.333. The SMILES string of the molecule is COC(=O)CCCOC(=O)c1ccc(F)c(N)c1. The smallest absolute Gasteiger partial charge is 0.338 e. The number of esters is 2. The largest absolute Gasteiger partial charge is 0.469 e. The monoisotopic (exact) mass is 255 g/mol. The number of anilines is 1. The van der Waals surface area contributed by atoms with Gasteiger partial charge in [0.15, 0.2) is 0 Å². The molecule has 0 saturated heterocycles. The molecule has 0 spiro atoms. The Bertz CT molecular complexity index is 448. The maximum absolute atomic E-state index is 12.9. The van der Waals surface area contributed by atoms with Gasteiger partial charge in [0.1, 0.15) is 5.82 Å². The van der Waals surface area contributed by atoms with Crippen molar-refractivity contribution >= 4 is 17.6 Å². The molecule has 0 radical (unpaired) electrons. The van der Waals surface area contributed by atoms with Crippen LogP contribution in [0.3, 0.4) is 0 Å². The number of nitrogen functional groups attached to an aromatic ring is 1. The average molecular weight is 255 g/mol. The first-order chi connectivity index (χ1) is 8.54. The van der Waals surface area contributed by atoms with Gasteiger partial charge in [-0.15, -0.1) is 0 Å². The summed E-state index contributed by atoms with van der Waals surface area (Å²) in [6.45, 7) is 0.0885. The van der Waals surface area contributed by atoms with Crippen molar-refractivity contribution in [3.63, 3.8) is 0 Å². The van der Waals surface area contributed by atoms with Crippen LogP contribution >= 0.6 is 0 Å². The summed E-state index contributed by atoms with van der Waals surface area (Å²) in [5.41, 5.74) is 5.39. The summed E-state index contributed by atoms with van der Waals surface area (Å²) in [7, 11) is 1.29. The number of rotatable bonds is 5. The van der Waals surface area contributed by atoms with E-state index >= 15 is 0 Å². The number of carbonyl (C=O) groups is 2. The first kappa shape index (κ1) is 14.0. The summed E-state index contributed by atoms with van der Waals surface area (Å²) in [6.07, 6.45) is 0.546. The quantitative estimate of drug-likeness (QED) is 0.490. The van der Waals surface area contributed by atoms with Crippen LogP contribution in [0.2, 0.25) is 0 Å². The van der Waals surface area contributed by atoms with E-state index in [-0.39, 0.29) is 30.2 Å². The van der Waals surface area contributed by atoms with Crippen LogP contribution in [-0.4, -0.2) is 25.7 Å². The zero-order valence-corrected chi connectivity index (χ0v) is 9.94. The van der Waals surface area contributed by atoms with Gasteiger partial charge < -0.3 is 15.2 Å². The Morgan fingerprint density at radius 1 is 1.39 bits per heavy atom. The average Bonchev–Trinajstić information content (AvgIpc) is 2.37. The Kier molecular flexibility index (Phi) is 5.10. The number of ether oxygens (including phenoxy) is 2. The van der Waals surface area contributed by atoms with Gasteiger partial charge in [-0.25, -0.2) is 9.18 Å². The lowest BCUT2D eigenvalue weighted by Crippen LogP contribution is -2.09. The summed E-state index contributed by atoms with van der Waals surface area (Å²) in [6, 6.07) is 3.59. The molecule has 0 fully saturated rings. The Morgan fingerprint density at radius 2 is 2.11 bits per heavy atom. The zero-order valence-electron chi connectivity index (χ0n) is 9.94. The van der Waals surface area contributed by atoms with Gasteiger partial charge in [0.25, 0.3) is 0 Å². The van der Waals surface area contributed by atoms with Crippen molar-refractivity contribution in [3.8, 4) is 0 Å². The molecule has 1 aromatic rings. The van der Waals surface area contributed by atoms with Crippen molar-refractivity contribution in [2.75, 3.05) is 19.5 Å². The second kappa shape index (κ2) is 6.58. The standard InChI is InChI=1S/C12H14FNO4/c1-17-11(15)3-2-6-18-12(16)8-4-5-9(13)10(14)7-8/h4-5,7H,2-3,6,14H2,1H3. The van der Waals surface area contributed by atoms with Crippen LogP contribution in [0.4, 0.5) is 10.1 Å². The molecule has 0 saturated carbocycles. The number of hydrogen-bond donors (Lipinski definition) is 1. The van der Waals surface area contributed by atoms with Gasteiger partial charge in [-0.1, -0.05) is 0 Å². The number of nitrogens with two attached hydrogens (primary N) is 1. The van der Waals surface area contributed by atoms with Gasteiger partial charge in [0, 0.05) is 6.42 Å². The first-order valence-electron chi connectivity index (χ1n) is 5.33. The van der Waals surface area contributed by atoms with Crippen molar-refractivity contribution in [2.45, 2.75) is 12.8 Å². The van der Waals surface area contributed by atoms with Crippen LogP contribution in [0, 0.1) is 5.82 Å². The van der Waals surface area contributed by atoms with E-state index in [4.69, 9.17) is 10.5 Å². The topological polar surface area (TPSA) is 78.6 Å². The van der Waals surface area contributed by atoms with Gasteiger partial charge in [-0.2, -0.15) is 0 Å². The van der Waals surface area contributed by atoms with Crippen molar-refractivity contribution < 1.29 is 23.5 Å². The molecule has 0 heterocycles. The third kappa shape index (κ3) is 4.04. The Hall–Kier alpha value is -2.11. The molecule has 0 atom stereocenters. The molecular weight excluding hydrogens is 241 g/mol. The predicted molar refractivity (Wildman–Crippen MR) is 62.3 cm³/mol. The molecule has 2 N–H and O–H groups in total. The third-order valence-corrected chi connectivity index (χ3v) is 2.22. The summed E-state index contributed by atoms with van der Waals surface area (Å²) in [5, 5.41) is 0. The summed E-state index contributed by atoms with van der Waals surface area (Å²) in [5.74, 6) is -1.55. The van der Waals surface area contributed by atoms with Crippen LogP contribution in [0.25, 0.3) is 0 Å². The minimum atomic E-state index is -0.605. The Morgan fingerprint density at radius 3 is 2.72 bits per heavy atom. The molecular formula is C12H14FNO4. The normalized spacial score (nSPS) is 9.89. The highest BCUT2D eigenvalue weighted by molar-refractivity contribution is 5.90. The number of hydrogen-bond acceptors (Lipinski definition) is 5. The van der Waals surface area contributed by atoms with Gasteiger partial charge >= 0.3 is 11.9 Å². The fourth-order valence-electron chi connectivity index (χ4n) is 1.24. The summed E-state index contributed by atoms with van der Waals surface area (Å²) < 4.78 is 22.2. The van der Waals surface area contributed by atoms with E-state index in [0.717, 1.165) is 6.07 Å². The lowest BCUT2D eigenvalue weighted by atomic mass is 10.2. The maximum Gasteiger partial charge on any atom is 0.338 e. The van der Waals surface area contributed by atoms with E-state index in [9.17, 15) is 14.0 Å². The molecule has 0 amide bonds. The van der Waals surface area contributed by atoms with Crippen LogP contribution in [-0.2, 0) is 14.3 Å². The lowest BCUT2D eigenvalue weighted by molar-refractivity contribution is -0.140. The molecule has 5 nitrogen and oxygen atoms in total. The second-order valence-corrected chi connectivity index (χ2v) is 3.55. The third-order valence-electron chi connectivity index (χ3n) is 2.22. The molecule has 0 aromatic heterocycles. The lowest BCUT2D eigenvalue weighted by Gasteiger charge is -2.05. The zero-order chi connectivity index (χ0) is 13.5. The Labute approximate surface area is 104 Å². The van der Waals surface area contributed by atoms with Crippen molar-refractivity contribution in [1.29, 1.82) is 0 Å². The minimum Gasteiger partial charge on any atom is -0.469 e. The highest BCUT2D eigenvalue weighted by Gasteiger charge is 2.09. The number of benzene rings is 1. The van der Waals surface area contributed by atoms with E-state index in [1.165, 1.54) is 19.2 Å². The van der Waals surface area contributed by atoms with Gasteiger partial charge in [-0.05, 0) is 24.6 Å². The maximum atomic E-state index is 12.9. The van der Waals surface area contributed by atoms with Crippen molar-refractivity contribution in [2.24, 2.45) is 0 Å². The van der Waals surface area contributed by atoms with Crippen molar-refractivity contribution in [1.82, 2.24) is 0 Å². The predicted octanol–water partition coefficient (Wildman–Crippen LogP) is 1.52. The van der Waals surface area contributed by atoms with Gasteiger partial charge in [-0.3, -0.25) is 4.79 Å². The molecule has 0 aliphatic rings. The van der Waals surface area contributed by atoms with Crippen molar-refractivity contribution in [3.05, 3.63) is 29.6 Å². The summed E-state index contributed by atoms with van der Waals surface area (Å²) >= 11 is 0. The number of methoxy groups -OCH3 is 1. The number of carbonyl (C=O) groups excluding carboxylic acids is 2. The van der Waals surface area contributed by atoms with Crippen LogP contribution < -0.4 is 5.73 Å². The Balaban J connectivity index is 2.41. The molecule has 1 rings (SSSR count). The van der Waals surface area contributed by atoms with E-state index in [1.807, 2.05) is 0 Å². The molecule has 0 bridgehead atoms. The van der Waals surface area contributed by atoms with Crippen LogP contribution in [0.1, 0.15) is 23.2 Å². The molecule has 18 heavy (non-hydrogen) atoms. The van der Waals surface area contributed by atoms with Crippen LogP contribution in [0.5, 0.6) is 0 Å². The van der Waals surface area contributed by atoms with E-state index in [2.05, 4.69) is 4.74 Å². The first-order valence-corrected chi connectivity index (χ1v) is 5.33. The molecule has 98 valence electrons. The van der Waals surface area contributed by atoms with E-state index in [0.29, 0.717) is 6.42 Å². The highest BCUT2D eigenvalue weighted by Crippen LogP contribution is 2.13. The number of halogens is 1. The second-order valence-electron chi connectivity index (χ2n) is 3.55. The van der Waals surface area contributed by atoms with E-state index in [1.54, 1.807) is 0 Å².